The van der Waals surface area contributed by atoms with Gasteiger partial charge in [0.2, 0.25) is 0 Å². The number of aryl methyl sites for hydroxylation is 1. The summed E-state index contributed by atoms with van der Waals surface area (Å²) in [5.74, 6) is 0.523. The molecule has 0 aliphatic carbocycles. The molecule has 1 aromatic rings. The predicted molar refractivity (Wildman–Crippen MR) is 57.3 cm³/mol. The van der Waals surface area contributed by atoms with Gasteiger partial charge in [0.25, 0.3) is 0 Å². The third-order valence-corrected chi connectivity index (χ3v) is 2.70. The molecule has 2 rings (SSSR count). The molecule has 0 aromatic heterocycles. The van der Waals surface area contributed by atoms with Crippen LogP contribution in [-0.2, 0) is 11.3 Å². The largest absolute Gasteiger partial charge is 0.395 e. The number of nitrogens with zero attached hydrogens (tertiary/aromatic N) is 1. The molecule has 1 atom stereocenters. The maximum absolute atomic E-state index is 5.05. The summed E-state index contributed by atoms with van der Waals surface area (Å²) in [6, 6.07) is 10.6. The van der Waals surface area contributed by atoms with Gasteiger partial charge in [0.15, 0.2) is 0 Å². The SMILES string of the molecule is CC1=NOCC1CCc1ccccc1. The van der Waals surface area contributed by atoms with Gasteiger partial charge in [0.1, 0.15) is 6.61 Å². The van der Waals surface area contributed by atoms with Gasteiger partial charge in [0.05, 0.1) is 5.71 Å². The van der Waals surface area contributed by atoms with E-state index in [1.54, 1.807) is 0 Å². The first-order valence-corrected chi connectivity index (χ1v) is 5.06. The van der Waals surface area contributed by atoms with Gasteiger partial charge in [-0.15, -0.1) is 0 Å². The van der Waals surface area contributed by atoms with E-state index in [-0.39, 0.29) is 0 Å². The molecule has 0 saturated heterocycles. The summed E-state index contributed by atoms with van der Waals surface area (Å²) >= 11 is 0. The number of benzene rings is 1. The van der Waals surface area contributed by atoms with Crippen molar-refractivity contribution < 1.29 is 4.84 Å². The Balaban J connectivity index is 1.86. The summed E-state index contributed by atoms with van der Waals surface area (Å²) in [6.45, 7) is 2.81. The second kappa shape index (κ2) is 4.27. The van der Waals surface area contributed by atoms with Gasteiger partial charge in [-0.25, -0.2) is 0 Å². The number of hydrogen-bond acceptors (Lipinski definition) is 2. The Bertz CT molecular complexity index is 318. The van der Waals surface area contributed by atoms with Gasteiger partial charge >= 0.3 is 0 Å². The summed E-state index contributed by atoms with van der Waals surface area (Å²) < 4.78 is 0. The fourth-order valence-electron chi connectivity index (χ4n) is 1.70. The molecule has 0 N–H and O–H groups in total. The molecule has 0 radical (unpaired) electrons. The lowest BCUT2D eigenvalue weighted by atomic mass is 9.97. The van der Waals surface area contributed by atoms with Crippen molar-refractivity contribution in [2.45, 2.75) is 19.8 Å². The highest BCUT2D eigenvalue weighted by molar-refractivity contribution is 5.84. The normalized spacial score (nSPS) is 20.4. The van der Waals surface area contributed by atoms with Crippen LogP contribution in [0.25, 0.3) is 0 Å². The Kier molecular flexibility index (Phi) is 2.82. The van der Waals surface area contributed by atoms with Crippen molar-refractivity contribution in [1.82, 2.24) is 0 Å². The zero-order chi connectivity index (χ0) is 9.80. The van der Waals surface area contributed by atoms with E-state index in [0.717, 1.165) is 25.2 Å². The Morgan fingerprint density at radius 3 is 2.79 bits per heavy atom. The maximum atomic E-state index is 5.05. The molecule has 0 bridgehead atoms. The highest BCUT2D eigenvalue weighted by atomic mass is 16.6. The van der Waals surface area contributed by atoms with Crippen LogP contribution in [0.5, 0.6) is 0 Å². The zero-order valence-electron chi connectivity index (χ0n) is 8.44. The molecule has 0 fully saturated rings. The Labute approximate surface area is 84.6 Å². The topological polar surface area (TPSA) is 21.6 Å². The molecule has 2 heteroatoms. The molecule has 14 heavy (non-hydrogen) atoms. The van der Waals surface area contributed by atoms with Crippen LogP contribution >= 0.6 is 0 Å². The number of rotatable bonds is 3. The van der Waals surface area contributed by atoms with Crippen LogP contribution in [0.1, 0.15) is 18.9 Å². The second-order valence-corrected chi connectivity index (χ2v) is 3.75. The van der Waals surface area contributed by atoms with Gasteiger partial charge in [-0.05, 0) is 25.3 Å². The van der Waals surface area contributed by atoms with E-state index in [2.05, 4.69) is 35.5 Å². The maximum Gasteiger partial charge on any atom is 0.125 e. The van der Waals surface area contributed by atoms with Crippen LogP contribution in [0.4, 0.5) is 0 Å². The quantitative estimate of drug-likeness (QED) is 0.716. The van der Waals surface area contributed by atoms with Crippen molar-refractivity contribution in [3.8, 4) is 0 Å². The summed E-state index contributed by atoms with van der Waals surface area (Å²) in [6.07, 6.45) is 2.25. The third kappa shape index (κ3) is 2.13. The lowest BCUT2D eigenvalue weighted by Gasteiger charge is -2.06. The van der Waals surface area contributed by atoms with Crippen molar-refractivity contribution in [2.24, 2.45) is 11.1 Å². The van der Waals surface area contributed by atoms with E-state index < -0.39 is 0 Å². The van der Waals surface area contributed by atoms with E-state index in [0.29, 0.717) is 5.92 Å². The van der Waals surface area contributed by atoms with Crippen LogP contribution in [0.3, 0.4) is 0 Å². The standard InChI is InChI=1S/C12H15NO/c1-10-12(9-14-13-10)8-7-11-5-3-2-4-6-11/h2-6,12H,7-9H2,1H3. The highest BCUT2D eigenvalue weighted by Crippen LogP contribution is 2.16. The van der Waals surface area contributed by atoms with Crippen molar-refractivity contribution in [2.75, 3.05) is 6.61 Å². The molecule has 1 unspecified atom stereocenters. The van der Waals surface area contributed by atoms with Gasteiger partial charge in [-0.1, -0.05) is 35.5 Å². The van der Waals surface area contributed by atoms with Crippen molar-refractivity contribution >= 4 is 5.71 Å². The zero-order valence-corrected chi connectivity index (χ0v) is 8.44. The van der Waals surface area contributed by atoms with Crippen LogP contribution in [-0.4, -0.2) is 12.3 Å². The first-order valence-electron chi connectivity index (χ1n) is 5.06. The van der Waals surface area contributed by atoms with Crippen LogP contribution < -0.4 is 0 Å². The Hall–Kier alpha value is -1.31. The summed E-state index contributed by atoms with van der Waals surface area (Å²) in [7, 11) is 0. The van der Waals surface area contributed by atoms with E-state index in [1.807, 2.05) is 6.92 Å². The van der Waals surface area contributed by atoms with Crippen LogP contribution in [0, 0.1) is 5.92 Å². The fraction of sp³-hybridized carbons (Fsp3) is 0.417. The van der Waals surface area contributed by atoms with E-state index in [9.17, 15) is 0 Å². The van der Waals surface area contributed by atoms with Gasteiger partial charge in [0, 0.05) is 5.92 Å². The average Bonchev–Trinajstić information content (AvgIpc) is 2.63. The molecule has 74 valence electrons. The minimum Gasteiger partial charge on any atom is -0.395 e. The Morgan fingerprint density at radius 2 is 2.14 bits per heavy atom. The molecule has 0 amide bonds. The number of hydrogen-bond donors (Lipinski definition) is 0. The van der Waals surface area contributed by atoms with Gasteiger partial charge in [-0.3, -0.25) is 0 Å². The molecule has 2 nitrogen and oxygen atoms in total. The lowest BCUT2D eigenvalue weighted by molar-refractivity contribution is 0.152. The van der Waals surface area contributed by atoms with E-state index in [1.165, 1.54) is 5.56 Å². The molecule has 1 aromatic carbocycles. The monoisotopic (exact) mass is 189 g/mol. The van der Waals surface area contributed by atoms with E-state index >= 15 is 0 Å². The van der Waals surface area contributed by atoms with Crippen LogP contribution in [0.2, 0.25) is 0 Å². The Morgan fingerprint density at radius 1 is 1.36 bits per heavy atom. The summed E-state index contributed by atoms with van der Waals surface area (Å²) in [5, 5.41) is 3.95. The smallest absolute Gasteiger partial charge is 0.125 e. The molecule has 1 heterocycles. The summed E-state index contributed by atoms with van der Waals surface area (Å²) in [4.78, 5) is 5.05. The van der Waals surface area contributed by atoms with Crippen LogP contribution in [0.15, 0.2) is 35.5 Å². The lowest BCUT2D eigenvalue weighted by Crippen LogP contribution is -2.10. The minimum atomic E-state index is 0.523. The summed E-state index contributed by atoms with van der Waals surface area (Å²) in [5.41, 5.74) is 2.54. The molecule has 1 aliphatic rings. The van der Waals surface area contributed by atoms with Gasteiger partial charge < -0.3 is 4.84 Å². The molecule has 0 saturated carbocycles. The highest BCUT2D eigenvalue weighted by Gasteiger charge is 2.18. The fourth-order valence-corrected chi connectivity index (χ4v) is 1.70. The van der Waals surface area contributed by atoms with Crippen molar-refractivity contribution in [3.05, 3.63) is 35.9 Å². The second-order valence-electron chi connectivity index (χ2n) is 3.75. The van der Waals surface area contributed by atoms with E-state index in [4.69, 9.17) is 4.84 Å². The van der Waals surface area contributed by atoms with Crippen molar-refractivity contribution in [3.63, 3.8) is 0 Å². The first-order chi connectivity index (χ1) is 6.86. The predicted octanol–water partition coefficient (Wildman–Crippen LogP) is 2.64. The average molecular weight is 189 g/mol. The van der Waals surface area contributed by atoms with Crippen molar-refractivity contribution in [1.29, 1.82) is 0 Å². The third-order valence-electron chi connectivity index (χ3n) is 2.70. The molecule has 0 spiro atoms. The van der Waals surface area contributed by atoms with Gasteiger partial charge in [-0.2, -0.15) is 0 Å². The first kappa shape index (κ1) is 9.25. The molecular formula is C12H15NO. The molecular weight excluding hydrogens is 174 g/mol. The molecule has 1 aliphatic heterocycles. The number of oxime groups is 1. The minimum absolute atomic E-state index is 0.523.